The molecule has 23 aromatic rings. The van der Waals surface area contributed by atoms with Gasteiger partial charge in [0.15, 0.2) is 5.69 Å². The number of aromatic nitrogens is 2. The van der Waals surface area contributed by atoms with Gasteiger partial charge in [-0.3, -0.25) is 0 Å². The minimum absolute atomic E-state index is 0.635. The van der Waals surface area contributed by atoms with Gasteiger partial charge in [-0.1, -0.05) is 309 Å². The third-order valence-corrected chi connectivity index (χ3v) is 25.8. The summed E-state index contributed by atoms with van der Waals surface area (Å²) in [5, 5.41) is 9.57. The topological polar surface area (TPSA) is 39.2 Å². The van der Waals surface area contributed by atoms with Crippen LogP contribution in [0.25, 0.3) is 182 Å². The lowest BCUT2D eigenvalue weighted by molar-refractivity contribution is 0.487. The first kappa shape index (κ1) is 76.1. The highest BCUT2D eigenvalue weighted by Crippen LogP contribution is 2.52. The molecule has 2 aromatic heterocycles. The second kappa shape index (κ2) is 32.2. The molecule has 2 aliphatic rings. The number of nitrogens with zero attached hydrogens (tertiary/aromatic N) is 5. The number of rotatable bonds is 15. The van der Waals surface area contributed by atoms with Crippen LogP contribution >= 0.6 is 0 Å². The number of anilines is 6. The minimum Gasteiger partial charge on any atom is -0.456 e. The first-order valence-corrected chi connectivity index (χ1v) is 44.1. The average molecular weight is 1660 g/mol. The number of ether oxygens (including phenoxy) is 2. The molecule has 0 saturated heterocycles. The van der Waals surface area contributed by atoms with Gasteiger partial charge < -0.3 is 28.4 Å². The molecular weight excluding hydrogens is 1580 g/mol. The van der Waals surface area contributed by atoms with E-state index >= 15 is 0 Å². The van der Waals surface area contributed by atoms with Crippen LogP contribution in [0.15, 0.2) is 479 Å². The van der Waals surface area contributed by atoms with E-state index in [9.17, 15) is 0 Å². The van der Waals surface area contributed by atoms with Crippen molar-refractivity contribution in [1.82, 2.24) is 9.13 Å². The highest BCUT2D eigenvalue weighted by atomic mass is 16.5. The Morgan fingerprint density at radius 2 is 0.462 bits per heavy atom. The number of hydrogen-bond acceptors (Lipinski definition) is 4. The number of hydrogen-bond donors (Lipinski definition) is 0. The van der Waals surface area contributed by atoms with Crippen LogP contribution in [0.5, 0.6) is 23.0 Å². The fraction of sp³-hybridized carbons (Fsp3) is 0. The Morgan fingerprint density at radius 3 is 0.808 bits per heavy atom. The molecular formula is C123H79N5O2. The molecule has 0 atom stereocenters. The van der Waals surface area contributed by atoms with Crippen molar-refractivity contribution in [2.24, 2.45) is 0 Å². The second-order valence-electron chi connectivity index (χ2n) is 33.3. The summed E-state index contributed by atoms with van der Waals surface area (Å²) in [5.74, 6) is 3.56. The van der Waals surface area contributed by atoms with E-state index in [2.05, 4.69) is 479 Å². The third-order valence-electron chi connectivity index (χ3n) is 25.8. The summed E-state index contributed by atoms with van der Waals surface area (Å²) in [4.78, 5) is 8.27. The van der Waals surface area contributed by atoms with Crippen molar-refractivity contribution >= 4 is 105 Å². The molecule has 0 saturated carbocycles. The molecule has 21 aromatic carbocycles. The molecule has 0 radical (unpaired) electrons. The molecule has 0 bridgehead atoms. The van der Waals surface area contributed by atoms with E-state index in [4.69, 9.17) is 16.0 Å². The number of fused-ring (bicyclic) bond motifs is 10. The van der Waals surface area contributed by atoms with Crippen LogP contribution < -0.4 is 19.3 Å². The Bertz CT molecular complexity index is 8320. The van der Waals surface area contributed by atoms with Crippen molar-refractivity contribution in [2.75, 3.05) is 9.80 Å². The van der Waals surface area contributed by atoms with Crippen LogP contribution in [-0.2, 0) is 0 Å². The van der Waals surface area contributed by atoms with Crippen molar-refractivity contribution in [1.29, 1.82) is 0 Å². The Kier molecular flexibility index (Phi) is 18.9. The Hall–Kier alpha value is -17.6. The van der Waals surface area contributed by atoms with Crippen LogP contribution in [0.1, 0.15) is 0 Å². The molecule has 25 rings (SSSR count). The maximum Gasteiger partial charge on any atom is 0.187 e. The normalized spacial score (nSPS) is 11.7. The van der Waals surface area contributed by atoms with E-state index < -0.39 is 0 Å². The van der Waals surface area contributed by atoms with Crippen molar-refractivity contribution < 1.29 is 9.47 Å². The molecule has 0 fully saturated rings. The molecule has 4 heterocycles. The van der Waals surface area contributed by atoms with Crippen molar-refractivity contribution in [2.45, 2.75) is 0 Å². The summed E-state index contributed by atoms with van der Waals surface area (Å²) in [6.07, 6.45) is 0. The lowest BCUT2D eigenvalue weighted by Gasteiger charge is -2.26. The van der Waals surface area contributed by atoms with Gasteiger partial charge in [-0.25, -0.2) is 4.85 Å². The van der Waals surface area contributed by atoms with Gasteiger partial charge in [0.1, 0.15) is 23.0 Å². The Balaban J connectivity index is 0.000000144. The van der Waals surface area contributed by atoms with Crippen molar-refractivity contribution in [3.63, 3.8) is 0 Å². The second-order valence-corrected chi connectivity index (χ2v) is 33.3. The first-order chi connectivity index (χ1) is 64.4. The molecule has 7 heteroatoms. The summed E-state index contributed by atoms with van der Waals surface area (Å²) < 4.78 is 17.7. The van der Waals surface area contributed by atoms with E-state index in [0.717, 1.165) is 130 Å². The molecule has 0 unspecified atom stereocenters. The highest BCUT2D eigenvalue weighted by Gasteiger charge is 2.26. The number of benzene rings is 21. The fourth-order valence-electron chi connectivity index (χ4n) is 19.4. The lowest BCUT2D eigenvalue weighted by Crippen LogP contribution is -2.09. The van der Waals surface area contributed by atoms with Crippen LogP contribution in [0.4, 0.5) is 39.8 Å². The minimum atomic E-state index is 0.635. The maximum atomic E-state index is 7.42. The summed E-state index contributed by atoms with van der Waals surface area (Å²) >= 11 is 0. The van der Waals surface area contributed by atoms with Gasteiger partial charge in [-0.15, -0.1) is 0 Å². The van der Waals surface area contributed by atoms with E-state index in [1.54, 1.807) is 0 Å². The summed E-state index contributed by atoms with van der Waals surface area (Å²) in [6, 6.07) is 171. The van der Waals surface area contributed by atoms with Crippen LogP contribution in [0.2, 0.25) is 0 Å². The monoisotopic (exact) mass is 1660 g/mol. The largest absolute Gasteiger partial charge is 0.456 e. The molecule has 0 aliphatic carbocycles. The van der Waals surface area contributed by atoms with Gasteiger partial charge in [0.2, 0.25) is 0 Å². The lowest BCUT2D eigenvalue weighted by atomic mass is 9.93. The van der Waals surface area contributed by atoms with Gasteiger partial charge >= 0.3 is 0 Å². The van der Waals surface area contributed by atoms with Gasteiger partial charge in [-0.2, -0.15) is 0 Å². The standard InChI is InChI=1S/C64H42N2O.C59H37N3O/c1-3-11-43(12-4-1)45-21-31-52(32-22-45)65(54-35-27-48(28-36-54)51-29-39-57-58-18-9-15-49-16-10-20-62(64(49)58)67-63(57)42-51)53-33-25-47(26-34-53)50-30-40-61-59(41-50)56-17-7-8-19-60(56)66(61)55-37-23-46(24-38-55)44-13-5-2-6-14-44;1-60-46-25-33-50(34-26-46)62-55-15-6-5-13-51(55)54-37-44(24-36-56(54)62)41-19-29-48(30-20-41)61(47-27-17-40(18-28-47)39-9-3-2-4-10-39)49-31-21-42(22-32-49)45-23-35-52-53-14-7-11-43-12-8-16-57(59(43)53)63-58(52)38-45/h1-42H;2-38H. The van der Waals surface area contributed by atoms with Crippen LogP contribution in [-0.4, -0.2) is 9.13 Å². The molecule has 130 heavy (non-hydrogen) atoms. The number of para-hydroxylation sites is 2. The Morgan fingerprint density at radius 1 is 0.192 bits per heavy atom. The van der Waals surface area contributed by atoms with Gasteiger partial charge in [0.05, 0.1) is 28.6 Å². The summed E-state index contributed by atoms with van der Waals surface area (Å²) in [7, 11) is 0. The molecule has 0 spiro atoms. The predicted molar refractivity (Wildman–Crippen MR) is 541 cm³/mol. The van der Waals surface area contributed by atoms with Gasteiger partial charge in [0, 0.05) is 88.9 Å². The molecule has 7 nitrogen and oxygen atoms in total. The average Bonchev–Trinajstić information content (AvgIpc) is 1.49. The third kappa shape index (κ3) is 13.7. The zero-order valence-electron chi connectivity index (χ0n) is 70.7. The molecule has 0 amide bonds. The van der Waals surface area contributed by atoms with Gasteiger partial charge in [-0.05, 0) is 270 Å². The molecule has 0 N–H and O–H groups in total. The quantitative estimate of drug-likeness (QED) is 0.0959. The molecule has 608 valence electrons. The summed E-state index contributed by atoms with van der Waals surface area (Å²) in [5.41, 5.74) is 34.8. The van der Waals surface area contributed by atoms with E-state index in [0.29, 0.717) is 5.69 Å². The van der Waals surface area contributed by atoms with E-state index in [-0.39, 0.29) is 0 Å². The van der Waals surface area contributed by atoms with Crippen LogP contribution in [0.3, 0.4) is 0 Å². The van der Waals surface area contributed by atoms with Gasteiger partial charge in [0.25, 0.3) is 0 Å². The maximum absolute atomic E-state index is 7.42. The SMILES string of the molecule is [C-]#[N+]c1ccc(-n2c3ccccc3c3cc(-c4ccc(N(c5ccc(-c6ccccc6)cc5)c5ccc(-c6ccc7c(c6)Oc6cccc8cccc-7c68)cc5)cc4)ccc32)cc1.c1ccc(-c2ccc(N(c3ccc(-c4ccc5c(c4)Oc4cccc6cccc-5c46)cc3)c3ccc(-c4ccc5c(c4)c4ccccc4n5-c4ccc(-c5ccccc5)cc4)cc3)cc2)cc1. The van der Waals surface area contributed by atoms with Crippen LogP contribution in [0, 0.1) is 6.57 Å². The van der Waals surface area contributed by atoms with E-state index in [1.165, 1.54) is 104 Å². The van der Waals surface area contributed by atoms with Crippen molar-refractivity contribution in [3.05, 3.63) is 491 Å². The van der Waals surface area contributed by atoms with Crippen molar-refractivity contribution in [3.8, 4) is 135 Å². The smallest absolute Gasteiger partial charge is 0.187 e. The molecule has 2 aliphatic heterocycles. The predicted octanol–water partition coefficient (Wildman–Crippen LogP) is 34.6. The zero-order chi connectivity index (χ0) is 86.1. The fourth-order valence-corrected chi connectivity index (χ4v) is 19.4. The first-order valence-electron chi connectivity index (χ1n) is 44.1. The highest BCUT2D eigenvalue weighted by molar-refractivity contribution is 6.13. The summed E-state index contributed by atoms with van der Waals surface area (Å²) in [6.45, 7) is 7.42. The Labute approximate surface area is 753 Å². The zero-order valence-corrected chi connectivity index (χ0v) is 70.7. The van der Waals surface area contributed by atoms with E-state index in [1.807, 2.05) is 24.3 Å².